The molecular formula is C24H23F4N3O2S. The molecular weight excluding hydrogens is 470 g/mol. The van der Waals surface area contributed by atoms with Crippen LogP contribution < -0.4 is 4.90 Å². The summed E-state index contributed by atoms with van der Waals surface area (Å²) in [7, 11) is -3.58. The van der Waals surface area contributed by atoms with Crippen LogP contribution in [0, 0.1) is 5.82 Å². The van der Waals surface area contributed by atoms with Crippen molar-refractivity contribution in [1.82, 2.24) is 9.88 Å². The molecule has 0 bridgehead atoms. The number of hydrogen-bond donors (Lipinski definition) is 0. The quantitative estimate of drug-likeness (QED) is 0.482. The summed E-state index contributed by atoms with van der Waals surface area (Å²) in [6.07, 6.45) is -2.22. The van der Waals surface area contributed by atoms with Gasteiger partial charge < -0.3 is 4.90 Å². The number of hydrogen-bond acceptors (Lipinski definition) is 5. The van der Waals surface area contributed by atoms with E-state index in [0.29, 0.717) is 37.4 Å². The van der Waals surface area contributed by atoms with Crippen molar-refractivity contribution < 1.29 is 26.0 Å². The number of alkyl halides is 3. The van der Waals surface area contributed by atoms with Gasteiger partial charge in [-0.15, -0.1) is 0 Å². The van der Waals surface area contributed by atoms with E-state index in [2.05, 4.69) is 9.88 Å². The van der Waals surface area contributed by atoms with Crippen LogP contribution in [0.1, 0.15) is 22.9 Å². The second-order valence-corrected chi connectivity index (χ2v) is 10.3. The summed E-state index contributed by atoms with van der Waals surface area (Å²) in [6, 6.07) is 15.6. The van der Waals surface area contributed by atoms with Gasteiger partial charge in [0.05, 0.1) is 10.9 Å². The van der Waals surface area contributed by atoms with Gasteiger partial charge in [-0.1, -0.05) is 36.4 Å². The molecule has 0 saturated carbocycles. The molecule has 0 aliphatic carbocycles. The van der Waals surface area contributed by atoms with Gasteiger partial charge in [0.15, 0.2) is 9.84 Å². The number of piperazine rings is 1. The molecule has 1 atom stereocenters. The summed E-state index contributed by atoms with van der Waals surface area (Å²) >= 11 is 0. The van der Waals surface area contributed by atoms with Crippen molar-refractivity contribution in [2.45, 2.75) is 23.7 Å². The predicted octanol–water partition coefficient (Wildman–Crippen LogP) is 4.71. The monoisotopic (exact) mass is 493 g/mol. The first kappa shape index (κ1) is 24.2. The lowest BCUT2D eigenvalue weighted by Crippen LogP contribution is -2.48. The van der Waals surface area contributed by atoms with E-state index >= 15 is 0 Å². The van der Waals surface area contributed by atoms with Crippen molar-refractivity contribution in [3.05, 3.63) is 89.5 Å². The minimum atomic E-state index is -4.49. The number of rotatable bonds is 5. The lowest BCUT2D eigenvalue weighted by Gasteiger charge is -2.43. The fourth-order valence-corrected chi connectivity index (χ4v) is 4.76. The molecule has 0 spiro atoms. The third kappa shape index (κ3) is 5.56. The van der Waals surface area contributed by atoms with Gasteiger partial charge in [-0.05, 0) is 35.4 Å². The first-order chi connectivity index (χ1) is 16.0. The molecule has 2 heterocycles. The van der Waals surface area contributed by atoms with Gasteiger partial charge in [-0.3, -0.25) is 9.88 Å². The zero-order chi connectivity index (χ0) is 24.5. The maximum Gasteiger partial charge on any atom is 0.433 e. The molecule has 1 unspecified atom stereocenters. The van der Waals surface area contributed by atoms with Crippen LogP contribution in [0.25, 0.3) is 0 Å². The Kier molecular flexibility index (Phi) is 6.64. The zero-order valence-corrected chi connectivity index (χ0v) is 19.2. The molecule has 10 heteroatoms. The smallest absolute Gasteiger partial charge is 0.368 e. The lowest BCUT2D eigenvalue weighted by atomic mass is 10.0. The molecule has 0 amide bonds. The number of aromatic nitrogens is 1. The molecule has 180 valence electrons. The molecule has 1 saturated heterocycles. The van der Waals surface area contributed by atoms with E-state index in [1.54, 1.807) is 0 Å². The molecule has 5 nitrogen and oxygen atoms in total. The maximum absolute atomic E-state index is 14.2. The first-order valence-corrected chi connectivity index (χ1v) is 12.5. The van der Waals surface area contributed by atoms with Crippen LogP contribution in [-0.4, -0.2) is 44.2 Å². The molecule has 1 aliphatic rings. The van der Waals surface area contributed by atoms with Gasteiger partial charge in [0.1, 0.15) is 11.5 Å². The third-order valence-electron chi connectivity index (χ3n) is 5.83. The highest BCUT2D eigenvalue weighted by atomic mass is 32.2. The molecule has 2 aromatic carbocycles. The molecule has 0 N–H and O–H groups in total. The second-order valence-electron chi connectivity index (χ2n) is 8.31. The molecule has 1 fully saturated rings. The van der Waals surface area contributed by atoms with Crippen LogP contribution in [0.2, 0.25) is 0 Å². The minimum absolute atomic E-state index is 0.0861. The summed E-state index contributed by atoms with van der Waals surface area (Å²) in [6.45, 7) is 1.86. The van der Waals surface area contributed by atoms with Crippen LogP contribution >= 0.6 is 0 Å². The van der Waals surface area contributed by atoms with Crippen molar-refractivity contribution in [2.24, 2.45) is 0 Å². The van der Waals surface area contributed by atoms with Crippen LogP contribution in [0.5, 0.6) is 0 Å². The topological polar surface area (TPSA) is 53.5 Å². The Hall–Kier alpha value is -2.98. The highest BCUT2D eigenvalue weighted by Gasteiger charge is 2.33. The molecule has 0 radical (unpaired) electrons. The molecule has 4 rings (SSSR count). The van der Waals surface area contributed by atoms with Crippen LogP contribution in [0.15, 0.2) is 71.8 Å². The van der Waals surface area contributed by atoms with Crippen LogP contribution in [-0.2, 0) is 22.6 Å². The normalized spacial score (nSPS) is 17.7. The average molecular weight is 494 g/mol. The minimum Gasteiger partial charge on any atom is -0.368 e. The van der Waals surface area contributed by atoms with Gasteiger partial charge in [-0.25, -0.2) is 12.8 Å². The summed E-state index contributed by atoms with van der Waals surface area (Å²) in [5.74, 6) is -0.632. The Morgan fingerprint density at radius 2 is 1.76 bits per heavy atom. The Labute approximate surface area is 195 Å². The van der Waals surface area contributed by atoms with Crippen molar-refractivity contribution in [1.29, 1.82) is 0 Å². The van der Waals surface area contributed by atoms with E-state index in [9.17, 15) is 26.0 Å². The molecule has 3 aromatic rings. The second kappa shape index (κ2) is 9.34. The fourth-order valence-electron chi connectivity index (χ4n) is 4.10. The van der Waals surface area contributed by atoms with E-state index in [1.807, 2.05) is 35.2 Å². The van der Waals surface area contributed by atoms with E-state index < -0.39 is 27.5 Å². The third-order valence-corrected chi connectivity index (χ3v) is 6.92. The highest BCUT2D eigenvalue weighted by Crippen LogP contribution is 2.32. The summed E-state index contributed by atoms with van der Waals surface area (Å²) < 4.78 is 76.7. The van der Waals surface area contributed by atoms with Crippen molar-refractivity contribution in [2.75, 3.05) is 30.8 Å². The molecule has 34 heavy (non-hydrogen) atoms. The zero-order valence-electron chi connectivity index (χ0n) is 18.3. The van der Waals surface area contributed by atoms with Crippen molar-refractivity contribution in [3.8, 4) is 0 Å². The van der Waals surface area contributed by atoms with Crippen molar-refractivity contribution in [3.63, 3.8) is 0 Å². The maximum atomic E-state index is 14.2. The summed E-state index contributed by atoms with van der Waals surface area (Å²) in [5, 5.41) is 0. The fraction of sp³-hybridized carbons (Fsp3) is 0.292. The van der Waals surface area contributed by atoms with E-state index in [4.69, 9.17) is 0 Å². The highest BCUT2D eigenvalue weighted by molar-refractivity contribution is 7.90. The van der Waals surface area contributed by atoms with Crippen LogP contribution in [0.4, 0.5) is 23.2 Å². The van der Waals surface area contributed by atoms with E-state index in [1.165, 1.54) is 24.4 Å². The first-order valence-electron chi connectivity index (χ1n) is 10.6. The Morgan fingerprint density at radius 1 is 1.03 bits per heavy atom. The molecule has 1 aliphatic heterocycles. The van der Waals surface area contributed by atoms with E-state index in [0.717, 1.165) is 24.0 Å². The van der Waals surface area contributed by atoms with Gasteiger partial charge in [-0.2, -0.15) is 13.2 Å². The van der Waals surface area contributed by atoms with Gasteiger partial charge >= 0.3 is 6.18 Å². The summed E-state index contributed by atoms with van der Waals surface area (Å²) in [5.41, 5.74) is 1.17. The molecule has 1 aromatic heterocycles. The van der Waals surface area contributed by atoms with E-state index in [-0.39, 0.29) is 10.9 Å². The van der Waals surface area contributed by atoms with Gasteiger partial charge in [0.25, 0.3) is 0 Å². The summed E-state index contributed by atoms with van der Waals surface area (Å²) in [4.78, 5) is 7.53. The standard InChI is InChI=1S/C24H23F4N3O2S/c1-34(32,33)21-12-19(25)11-20(13-21)30-9-10-31(22(16-30)18-5-3-2-4-6-18)15-17-7-8-23(29-14-17)24(26,27)28/h2-8,11-14,22H,9-10,15-16H2,1H3. The number of pyridine rings is 1. The number of halogens is 4. The van der Waals surface area contributed by atoms with Gasteiger partial charge in [0, 0.05) is 44.3 Å². The number of sulfone groups is 1. The number of anilines is 1. The average Bonchev–Trinajstić information content (AvgIpc) is 2.79. The Balaban J connectivity index is 1.61. The largest absolute Gasteiger partial charge is 0.433 e. The van der Waals surface area contributed by atoms with Gasteiger partial charge in [0.2, 0.25) is 0 Å². The SMILES string of the molecule is CS(=O)(=O)c1cc(F)cc(N2CCN(Cc3ccc(C(F)(F)F)nc3)C(c3ccccc3)C2)c1. The Bertz CT molecular complexity index is 1250. The number of benzene rings is 2. The number of nitrogens with zero attached hydrogens (tertiary/aromatic N) is 3. The Morgan fingerprint density at radius 3 is 2.38 bits per heavy atom. The van der Waals surface area contributed by atoms with Crippen LogP contribution in [0.3, 0.4) is 0 Å². The lowest BCUT2D eigenvalue weighted by molar-refractivity contribution is -0.141. The predicted molar refractivity (Wildman–Crippen MR) is 121 cm³/mol. The van der Waals surface area contributed by atoms with Crippen molar-refractivity contribution >= 4 is 15.5 Å².